The number of hydrogen-bond acceptors (Lipinski definition) is 5. The number of anilines is 1. The highest BCUT2D eigenvalue weighted by Gasteiger charge is 2.20. The van der Waals surface area contributed by atoms with Crippen LogP contribution in [-0.2, 0) is 0 Å². The van der Waals surface area contributed by atoms with E-state index < -0.39 is 0 Å². The zero-order valence-electron chi connectivity index (χ0n) is 16.4. The van der Waals surface area contributed by atoms with E-state index in [9.17, 15) is 4.79 Å². The maximum absolute atomic E-state index is 12.9. The Morgan fingerprint density at radius 3 is 2.79 bits per heavy atom. The van der Waals surface area contributed by atoms with Gasteiger partial charge in [-0.15, -0.1) is 0 Å². The standard InChI is InChI=1S/C21H26N6O/c1-14(2)25-18-10-19(27-9-8-15-11-22-13-24-20(15)27)23-12-17(18)21(28)26-16-6-4-3-5-7-16/h8-14,16H,3-7H2,1-2H3,(H,23,25)(H,26,28). The Hall–Kier alpha value is -2.96. The van der Waals surface area contributed by atoms with Crippen LogP contribution in [0.15, 0.2) is 37.1 Å². The van der Waals surface area contributed by atoms with Crippen molar-refractivity contribution in [2.45, 2.75) is 58.0 Å². The van der Waals surface area contributed by atoms with Crippen molar-refractivity contribution >= 4 is 22.6 Å². The highest BCUT2D eigenvalue weighted by Crippen LogP contribution is 2.24. The molecule has 0 atom stereocenters. The summed E-state index contributed by atoms with van der Waals surface area (Å²) in [4.78, 5) is 25.9. The Kier molecular flexibility index (Phi) is 5.23. The second-order valence-electron chi connectivity index (χ2n) is 7.68. The van der Waals surface area contributed by atoms with Crippen LogP contribution < -0.4 is 10.6 Å². The molecule has 7 nitrogen and oxygen atoms in total. The van der Waals surface area contributed by atoms with Gasteiger partial charge in [0.2, 0.25) is 0 Å². The van der Waals surface area contributed by atoms with Crippen LogP contribution in [0.3, 0.4) is 0 Å². The highest BCUT2D eigenvalue weighted by atomic mass is 16.1. The van der Waals surface area contributed by atoms with Crippen molar-refractivity contribution in [1.29, 1.82) is 0 Å². The first-order valence-electron chi connectivity index (χ1n) is 9.96. The molecule has 0 bridgehead atoms. The van der Waals surface area contributed by atoms with E-state index in [1.165, 1.54) is 25.6 Å². The lowest BCUT2D eigenvalue weighted by molar-refractivity contribution is 0.0928. The van der Waals surface area contributed by atoms with Gasteiger partial charge in [-0.1, -0.05) is 19.3 Å². The smallest absolute Gasteiger partial charge is 0.255 e. The van der Waals surface area contributed by atoms with Gasteiger partial charge in [0, 0.05) is 42.1 Å². The van der Waals surface area contributed by atoms with Crippen molar-refractivity contribution in [2.24, 2.45) is 0 Å². The summed E-state index contributed by atoms with van der Waals surface area (Å²) in [5, 5.41) is 7.53. The van der Waals surface area contributed by atoms with Gasteiger partial charge in [0.15, 0.2) is 0 Å². The molecule has 0 aliphatic heterocycles. The summed E-state index contributed by atoms with van der Waals surface area (Å²) >= 11 is 0. The number of nitrogens with one attached hydrogen (secondary N) is 2. The first-order chi connectivity index (χ1) is 13.6. The van der Waals surface area contributed by atoms with E-state index in [2.05, 4.69) is 39.4 Å². The summed E-state index contributed by atoms with van der Waals surface area (Å²) in [6.45, 7) is 4.11. The van der Waals surface area contributed by atoms with Crippen LogP contribution in [0, 0.1) is 0 Å². The molecule has 0 radical (unpaired) electrons. The van der Waals surface area contributed by atoms with Gasteiger partial charge in [-0.25, -0.2) is 15.0 Å². The van der Waals surface area contributed by atoms with Crippen molar-refractivity contribution in [3.63, 3.8) is 0 Å². The maximum atomic E-state index is 12.9. The van der Waals surface area contributed by atoms with Crippen LogP contribution in [0.1, 0.15) is 56.3 Å². The van der Waals surface area contributed by atoms with Crippen LogP contribution in [-0.4, -0.2) is 37.5 Å². The Labute approximate surface area is 164 Å². The van der Waals surface area contributed by atoms with E-state index in [1.807, 2.05) is 22.9 Å². The SMILES string of the molecule is CC(C)Nc1cc(-n2ccc3cncnc32)ncc1C(=O)NC1CCCCC1. The molecular formula is C21H26N6O. The molecule has 7 heteroatoms. The minimum atomic E-state index is -0.0613. The Morgan fingerprint density at radius 2 is 2.00 bits per heavy atom. The molecule has 0 saturated heterocycles. The number of carbonyl (C=O) groups excluding carboxylic acids is 1. The van der Waals surface area contributed by atoms with Crippen molar-refractivity contribution < 1.29 is 4.79 Å². The Morgan fingerprint density at radius 1 is 1.18 bits per heavy atom. The molecule has 1 amide bonds. The van der Waals surface area contributed by atoms with E-state index in [4.69, 9.17) is 0 Å². The first-order valence-corrected chi connectivity index (χ1v) is 9.96. The number of aromatic nitrogens is 4. The van der Waals surface area contributed by atoms with Crippen LogP contribution in [0.5, 0.6) is 0 Å². The minimum absolute atomic E-state index is 0.0613. The Bertz CT molecular complexity index is 974. The molecule has 0 aromatic carbocycles. The monoisotopic (exact) mass is 378 g/mol. The molecular weight excluding hydrogens is 352 g/mol. The summed E-state index contributed by atoms with van der Waals surface area (Å²) in [6, 6.07) is 4.33. The average molecular weight is 378 g/mol. The third-order valence-electron chi connectivity index (χ3n) is 5.12. The fraction of sp³-hybridized carbons (Fsp3) is 0.429. The molecule has 0 spiro atoms. The largest absolute Gasteiger partial charge is 0.382 e. The zero-order valence-corrected chi connectivity index (χ0v) is 16.4. The molecule has 3 aromatic heterocycles. The number of pyridine rings is 1. The van der Waals surface area contributed by atoms with Crippen molar-refractivity contribution in [2.75, 3.05) is 5.32 Å². The predicted octanol–water partition coefficient (Wildman–Crippen LogP) is 3.70. The van der Waals surface area contributed by atoms with Gasteiger partial charge >= 0.3 is 0 Å². The third kappa shape index (κ3) is 3.83. The summed E-state index contributed by atoms with van der Waals surface area (Å²) in [6.07, 6.45) is 12.6. The van der Waals surface area contributed by atoms with Gasteiger partial charge in [-0.3, -0.25) is 9.36 Å². The van der Waals surface area contributed by atoms with E-state index in [0.29, 0.717) is 11.4 Å². The molecule has 146 valence electrons. The molecule has 1 saturated carbocycles. The molecule has 0 unspecified atom stereocenters. The van der Waals surface area contributed by atoms with Crippen LogP contribution >= 0.6 is 0 Å². The Balaban J connectivity index is 1.66. The van der Waals surface area contributed by atoms with Gasteiger partial charge in [0.25, 0.3) is 5.91 Å². The lowest BCUT2D eigenvalue weighted by Crippen LogP contribution is -2.36. The van der Waals surface area contributed by atoms with Crippen LogP contribution in [0.4, 0.5) is 5.69 Å². The lowest BCUT2D eigenvalue weighted by Gasteiger charge is -2.23. The number of fused-ring (bicyclic) bond motifs is 1. The van der Waals surface area contributed by atoms with E-state index in [-0.39, 0.29) is 18.0 Å². The van der Waals surface area contributed by atoms with Gasteiger partial charge in [-0.05, 0) is 32.8 Å². The summed E-state index contributed by atoms with van der Waals surface area (Å²) in [5.41, 5.74) is 2.15. The predicted molar refractivity (Wildman–Crippen MR) is 110 cm³/mol. The topological polar surface area (TPSA) is 84.7 Å². The van der Waals surface area contributed by atoms with Crippen LogP contribution in [0.2, 0.25) is 0 Å². The number of hydrogen-bond donors (Lipinski definition) is 2. The second-order valence-corrected chi connectivity index (χ2v) is 7.68. The number of carbonyl (C=O) groups is 1. The van der Waals surface area contributed by atoms with Crippen molar-refractivity contribution in [1.82, 2.24) is 24.8 Å². The zero-order chi connectivity index (χ0) is 19.5. The summed E-state index contributed by atoms with van der Waals surface area (Å²) in [5.74, 6) is 0.653. The van der Waals surface area contributed by atoms with Crippen molar-refractivity contribution in [3.8, 4) is 5.82 Å². The van der Waals surface area contributed by atoms with Gasteiger partial charge in [0.05, 0.1) is 11.3 Å². The molecule has 1 aliphatic rings. The fourth-order valence-corrected chi connectivity index (χ4v) is 3.76. The van der Waals surface area contributed by atoms with E-state index >= 15 is 0 Å². The second kappa shape index (κ2) is 7.96. The van der Waals surface area contributed by atoms with E-state index in [1.54, 1.807) is 12.4 Å². The summed E-state index contributed by atoms with van der Waals surface area (Å²) < 4.78 is 1.91. The van der Waals surface area contributed by atoms with Crippen molar-refractivity contribution in [3.05, 3.63) is 42.6 Å². The number of nitrogens with zero attached hydrogens (tertiary/aromatic N) is 4. The molecule has 1 aliphatic carbocycles. The minimum Gasteiger partial charge on any atom is -0.382 e. The average Bonchev–Trinajstić information content (AvgIpc) is 3.12. The maximum Gasteiger partial charge on any atom is 0.255 e. The third-order valence-corrected chi connectivity index (χ3v) is 5.12. The number of rotatable bonds is 5. The molecule has 4 rings (SSSR count). The quantitative estimate of drug-likeness (QED) is 0.707. The van der Waals surface area contributed by atoms with Gasteiger partial charge < -0.3 is 10.6 Å². The van der Waals surface area contributed by atoms with E-state index in [0.717, 1.165) is 29.6 Å². The molecule has 3 aromatic rings. The van der Waals surface area contributed by atoms with Crippen LogP contribution in [0.25, 0.3) is 16.9 Å². The first kappa shape index (κ1) is 18.4. The molecule has 1 fully saturated rings. The molecule has 28 heavy (non-hydrogen) atoms. The number of amides is 1. The molecule has 3 heterocycles. The fourth-order valence-electron chi connectivity index (χ4n) is 3.76. The van der Waals surface area contributed by atoms with Gasteiger partial charge in [-0.2, -0.15) is 0 Å². The lowest BCUT2D eigenvalue weighted by atomic mass is 9.95. The molecule has 2 N–H and O–H groups in total. The highest BCUT2D eigenvalue weighted by molar-refractivity contribution is 5.99. The normalized spacial score (nSPS) is 15.1. The summed E-state index contributed by atoms with van der Waals surface area (Å²) in [7, 11) is 0. The van der Waals surface area contributed by atoms with Gasteiger partial charge in [0.1, 0.15) is 17.8 Å².